The van der Waals surface area contributed by atoms with E-state index < -0.39 is 0 Å². The van der Waals surface area contributed by atoms with Gasteiger partial charge in [-0.15, -0.1) is 0 Å². The zero-order chi connectivity index (χ0) is 20.4. The van der Waals surface area contributed by atoms with E-state index in [0.717, 1.165) is 37.2 Å². The zero-order valence-corrected chi connectivity index (χ0v) is 18.6. The van der Waals surface area contributed by atoms with Crippen LogP contribution in [0.5, 0.6) is 17.2 Å². The van der Waals surface area contributed by atoms with Gasteiger partial charge < -0.3 is 24.3 Å². The number of hydrogen-bond acceptors (Lipinski definition) is 8. The third-order valence-electron chi connectivity index (χ3n) is 4.79. The number of fused-ring (bicyclic) bond motifs is 1. The van der Waals surface area contributed by atoms with Gasteiger partial charge in [-0.05, 0) is 19.3 Å². The van der Waals surface area contributed by atoms with E-state index in [-0.39, 0.29) is 6.23 Å². The number of hydrogen-bond donors (Lipinski definition) is 1. The van der Waals surface area contributed by atoms with Crippen LogP contribution in [0.2, 0.25) is 0 Å². The van der Waals surface area contributed by atoms with Crippen molar-refractivity contribution in [2.45, 2.75) is 25.5 Å². The number of nitrogens with one attached hydrogen (secondary N) is 1. The van der Waals surface area contributed by atoms with Crippen molar-refractivity contribution in [2.75, 3.05) is 33.3 Å². The second-order valence-electron chi connectivity index (χ2n) is 6.53. The van der Waals surface area contributed by atoms with Gasteiger partial charge in [0.15, 0.2) is 32.3 Å². The SMILES string of the molecule is COc1cc(Nc2nc(I)nc3c2ncn3C2CCCCO2)cc(OC)c1OC. The Morgan fingerprint density at radius 2 is 1.86 bits per heavy atom. The summed E-state index contributed by atoms with van der Waals surface area (Å²) in [5.74, 6) is 2.23. The molecule has 2 aromatic heterocycles. The molecule has 1 N–H and O–H groups in total. The summed E-state index contributed by atoms with van der Waals surface area (Å²) < 4.78 is 24.8. The van der Waals surface area contributed by atoms with Crippen molar-refractivity contribution in [3.05, 3.63) is 22.3 Å². The number of ether oxygens (including phenoxy) is 4. The van der Waals surface area contributed by atoms with Gasteiger partial charge in [0.25, 0.3) is 0 Å². The summed E-state index contributed by atoms with van der Waals surface area (Å²) >= 11 is 2.11. The number of nitrogens with zero attached hydrogens (tertiary/aromatic N) is 4. The molecule has 3 aromatic rings. The van der Waals surface area contributed by atoms with Crippen LogP contribution in [-0.4, -0.2) is 47.5 Å². The molecule has 29 heavy (non-hydrogen) atoms. The van der Waals surface area contributed by atoms with E-state index in [1.807, 2.05) is 16.7 Å². The summed E-state index contributed by atoms with van der Waals surface area (Å²) in [7, 11) is 4.74. The maximum absolute atomic E-state index is 5.91. The number of halogens is 1. The minimum absolute atomic E-state index is 0.0477. The van der Waals surface area contributed by atoms with Crippen LogP contribution < -0.4 is 19.5 Å². The Balaban J connectivity index is 1.74. The summed E-state index contributed by atoms with van der Waals surface area (Å²) in [6.07, 6.45) is 4.88. The van der Waals surface area contributed by atoms with E-state index in [1.165, 1.54) is 0 Å². The molecule has 0 aliphatic carbocycles. The highest BCUT2D eigenvalue weighted by molar-refractivity contribution is 14.1. The summed E-state index contributed by atoms with van der Waals surface area (Å²) in [5.41, 5.74) is 2.15. The summed E-state index contributed by atoms with van der Waals surface area (Å²) in [6, 6.07) is 3.65. The van der Waals surface area contributed by atoms with Gasteiger partial charge in [-0.1, -0.05) is 0 Å². The number of imidazole rings is 1. The van der Waals surface area contributed by atoms with Crippen LogP contribution in [0.15, 0.2) is 18.5 Å². The number of benzene rings is 1. The molecular weight excluding hydrogens is 489 g/mol. The second-order valence-corrected chi connectivity index (χ2v) is 7.49. The van der Waals surface area contributed by atoms with Crippen LogP contribution in [0.3, 0.4) is 0 Å². The smallest absolute Gasteiger partial charge is 0.203 e. The minimum atomic E-state index is -0.0477. The Labute approximate surface area is 181 Å². The molecule has 1 atom stereocenters. The lowest BCUT2D eigenvalue weighted by Gasteiger charge is -2.23. The fraction of sp³-hybridized carbons (Fsp3) is 0.421. The van der Waals surface area contributed by atoms with Gasteiger partial charge in [0.2, 0.25) is 5.75 Å². The molecule has 1 aliphatic rings. The fourth-order valence-corrected chi connectivity index (χ4v) is 3.89. The van der Waals surface area contributed by atoms with Gasteiger partial charge in [-0.2, -0.15) is 0 Å². The Kier molecular flexibility index (Phi) is 5.90. The molecule has 1 aliphatic heterocycles. The minimum Gasteiger partial charge on any atom is -0.493 e. The van der Waals surface area contributed by atoms with Crippen molar-refractivity contribution in [3.8, 4) is 17.2 Å². The first-order valence-electron chi connectivity index (χ1n) is 9.23. The average molecular weight is 511 g/mol. The fourth-order valence-electron chi connectivity index (χ4n) is 3.42. The topological polar surface area (TPSA) is 92.6 Å². The van der Waals surface area contributed by atoms with Crippen molar-refractivity contribution in [1.82, 2.24) is 19.5 Å². The van der Waals surface area contributed by atoms with Crippen molar-refractivity contribution >= 4 is 45.3 Å². The average Bonchev–Trinajstić information content (AvgIpc) is 3.17. The summed E-state index contributed by atoms with van der Waals surface area (Å²) in [6.45, 7) is 0.753. The molecule has 1 aromatic carbocycles. The highest BCUT2D eigenvalue weighted by Gasteiger charge is 2.21. The number of anilines is 2. The molecule has 3 heterocycles. The quantitative estimate of drug-likeness (QED) is 0.394. The Hall–Kier alpha value is -2.34. The third-order valence-corrected chi connectivity index (χ3v) is 5.27. The highest BCUT2D eigenvalue weighted by atomic mass is 127. The van der Waals surface area contributed by atoms with Gasteiger partial charge in [0, 0.05) is 47.0 Å². The molecule has 9 nitrogen and oxygen atoms in total. The Bertz CT molecular complexity index is 994. The predicted molar refractivity (Wildman–Crippen MR) is 116 cm³/mol. The van der Waals surface area contributed by atoms with Gasteiger partial charge in [0.1, 0.15) is 6.23 Å². The maximum atomic E-state index is 5.91. The van der Waals surface area contributed by atoms with Crippen molar-refractivity contribution < 1.29 is 18.9 Å². The van der Waals surface area contributed by atoms with E-state index >= 15 is 0 Å². The Morgan fingerprint density at radius 3 is 2.48 bits per heavy atom. The van der Waals surface area contributed by atoms with E-state index in [1.54, 1.807) is 27.7 Å². The number of methoxy groups -OCH3 is 3. The predicted octanol–water partition coefficient (Wildman–Crippen LogP) is 3.90. The molecule has 0 amide bonds. The Morgan fingerprint density at radius 1 is 1.10 bits per heavy atom. The van der Waals surface area contributed by atoms with E-state index in [9.17, 15) is 0 Å². The standard InChI is InChI=1S/C19H22IN5O4/c1-26-12-8-11(9-13(27-2)16(12)28-3)22-17-15-18(24-19(20)23-17)25(10-21-15)14-6-4-5-7-29-14/h8-10,14H,4-7H2,1-3H3,(H,22,23,24). The van der Waals surface area contributed by atoms with Crippen molar-refractivity contribution in [3.63, 3.8) is 0 Å². The van der Waals surface area contributed by atoms with E-state index in [2.05, 4.69) is 42.9 Å². The number of aromatic nitrogens is 4. The molecule has 1 unspecified atom stereocenters. The monoisotopic (exact) mass is 511 g/mol. The molecule has 10 heteroatoms. The molecule has 4 rings (SSSR count). The maximum Gasteiger partial charge on any atom is 0.203 e. The molecule has 0 radical (unpaired) electrons. The highest BCUT2D eigenvalue weighted by Crippen LogP contribution is 2.41. The van der Waals surface area contributed by atoms with Crippen molar-refractivity contribution in [2.24, 2.45) is 0 Å². The van der Waals surface area contributed by atoms with Crippen LogP contribution >= 0.6 is 22.6 Å². The van der Waals surface area contributed by atoms with Crippen LogP contribution in [-0.2, 0) is 4.74 Å². The normalized spacial score (nSPS) is 16.6. The molecule has 154 valence electrons. The lowest BCUT2D eigenvalue weighted by Crippen LogP contribution is -2.18. The van der Waals surface area contributed by atoms with E-state index in [0.29, 0.717) is 32.4 Å². The molecule has 1 fully saturated rings. The molecule has 0 spiro atoms. The summed E-state index contributed by atoms with van der Waals surface area (Å²) in [4.78, 5) is 13.7. The lowest BCUT2D eigenvalue weighted by atomic mass is 10.2. The zero-order valence-electron chi connectivity index (χ0n) is 16.4. The molecular formula is C19H22IN5O4. The van der Waals surface area contributed by atoms with E-state index in [4.69, 9.17) is 18.9 Å². The summed E-state index contributed by atoms with van der Waals surface area (Å²) in [5, 5.41) is 3.32. The van der Waals surface area contributed by atoms with Gasteiger partial charge in [0.05, 0.1) is 27.7 Å². The largest absolute Gasteiger partial charge is 0.493 e. The van der Waals surface area contributed by atoms with Crippen LogP contribution in [0.1, 0.15) is 25.5 Å². The van der Waals surface area contributed by atoms with Crippen molar-refractivity contribution in [1.29, 1.82) is 0 Å². The molecule has 0 bridgehead atoms. The first kappa shape index (κ1) is 20.0. The lowest BCUT2D eigenvalue weighted by molar-refractivity contribution is -0.0298. The second kappa shape index (κ2) is 8.57. The van der Waals surface area contributed by atoms with Gasteiger partial charge in [-0.25, -0.2) is 15.0 Å². The van der Waals surface area contributed by atoms with Crippen LogP contribution in [0.4, 0.5) is 11.5 Å². The van der Waals surface area contributed by atoms with Gasteiger partial charge in [-0.3, -0.25) is 4.57 Å². The first-order chi connectivity index (χ1) is 14.1. The number of rotatable bonds is 6. The van der Waals surface area contributed by atoms with Gasteiger partial charge >= 0.3 is 0 Å². The third kappa shape index (κ3) is 3.90. The van der Waals surface area contributed by atoms with Crippen LogP contribution in [0, 0.1) is 3.83 Å². The first-order valence-corrected chi connectivity index (χ1v) is 10.3. The van der Waals surface area contributed by atoms with Crippen LogP contribution in [0.25, 0.3) is 11.2 Å². The molecule has 1 saturated heterocycles. The molecule has 0 saturated carbocycles.